The van der Waals surface area contributed by atoms with Gasteiger partial charge in [0, 0.05) is 0 Å². The van der Waals surface area contributed by atoms with Gasteiger partial charge in [0.05, 0.1) is 24.4 Å². The highest BCUT2D eigenvalue weighted by molar-refractivity contribution is 6.88. The number of hydrogen-bond donors (Lipinski definition) is 4. The quantitative estimate of drug-likeness (QED) is 0.366. The fourth-order valence-electron chi connectivity index (χ4n) is 3.30. The van der Waals surface area contributed by atoms with Gasteiger partial charge in [0.15, 0.2) is 17.7 Å². The van der Waals surface area contributed by atoms with E-state index in [1.54, 1.807) is 6.20 Å². The largest absolute Gasteiger partial charge is 0.394 e. The van der Waals surface area contributed by atoms with Crippen molar-refractivity contribution in [1.29, 1.82) is 0 Å². The zero-order chi connectivity index (χ0) is 21.1. The van der Waals surface area contributed by atoms with Crippen LogP contribution in [0.1, 0.15) is 13.2 Å². The summed E-state index contributed by atoms with van der Waals surface area (Å²) in [6.07, 6.45) is -0.0830. The second-order valence-corrected chi connectivity index (χ2v) is 13.4. The molecule has 156 valence electrons. The predicted molar refractivity (Wildman–Crippen MR) is 105 cm³/mol. The molecule has 1 saturated heterocycles. The topological polar surface area (TPSA) is 170 Å². The van der Waals surface area contributed by atoms with Crippen LogP contribution in [0.25, 0.3) is 17.1 Å². The summed E-state index contributed by atoms with van der Waals surface area (Å²) in [4.78, 5) is 13.0. The van der Waals surface area contributed by atoms with Gasteiger partial charge in [0.2, 0.25) is 0 Å². The van der Waals surface area contributed by atoms with Gasteiger partial charge >= 0.3 is 0 Å². The van der Waals surface area contributed by atoms with Crippen molar-refractivity contribution in [1.82, 2.24) is 34.5 Å². The molecule has 3 aromatic rings. The molecule has 4 atom stereocenters. The van der Waals surface area contributed by atoms with Gasteiger partial charge in [0.25, 0.3) is 5.95 Å². The molecule has 29 heavy (non-hydrogen) atoms. The second kappa shape index (κ2) is 6.53. The highest BCUT2D eigenvalue weighted by Crippen LogP contribution is 2.39. The van der Waals surface area contributed by atoms with Gasteiger partial charge in [-0.15, -0.1) is 5.10 Å². The summed E-state index contributed by atoms with van der Waals surface area (Å²) in [6, 6.07) is 0. The van der Waals surface area contributed by atoms with Crippen molar-refractivity contribution in [2.75, 3.05) is 12.3 Å². The molecule has 3 aromatic heterocycles. The first-order valence-corrected chi connectivity index (χ1v) is 12.6. The molecule has 0 saturated carbocycles. The Hall–Kier alpha value is -2.45. The summed E-state index contributed by atoms with van der Waals surface area (Å²) in [7, 11) is -1.67. The van der Waals surface area contributed by atoms with Crippen LogP contribution in [0.3, 0.4) is 0 Å². The molecule has 0 amide bonds. The van der Waals surface area contributed by atoms with Crippen LogP contribution in [0.2, 0.25) is 19.6 Å². The predicted octanol–water partition coefficient (Wildman–Crippen LogP) is -1.46. The van der Waals surface area contributed by atoms with Crippen molar-refractivity contribution in [2.24, 2.45) is 0 Å². The van der Waals surface area contributed by atoms with Crippen LogP contribution in [0, 0.1) is 0 Å². The van der Waals surface area contributed by atoms with Crippen molar-refractivity contribution in [2.45, 2.75) is 50.6 Å². The third-order valence-electron chi connectivity index (χ3n) is 5.09. The van der Waals surface area contributed by atoms with E-state index >= 15 is 0 Å². The zero-order valence-electron chi connectivity index (χ0n) is 16.6. The SMILES string of the molecule is C[C@@]1(O)[C@H](O)[C@@H](CO)O[C@H]1n1cnc2c(N)nc(-n3cc([Si](C)(C)C)nn3)nc21. The van der Waals surface area contributed by atoms with Gasteiger partial charge in [-0.2, -0.15) is 14.6 Å². The molecule has 1 fully saturated rings. The van der Waals surface area contributed by atoms with E-state index in [2.05, 4.69) is 44.9 Å². The number of nitrogens with zero attached hydrogens (tertiary/aromatic N) is 7. The number of ether oxygens (including phenoxy) is 1. The van der Waals surface area contributed by atoms with E-state index in [-0.39, 0.29) is 11.8 Å². The van der Waals surface area contributed by atoms with E-state index in [1.165, 1.54) is 22.5 Å². The van der Waals surface area contributed by atoms with Gasteiger partial charge in [-0.05, 0) is 6.92 Å². The number of aromatic nitrogens is 7. The van der Waals surface area contributed by atoms with Gasteiger partial charge in [-0.3, -0.25) is 4.57 Å². The Bertz CT molecular complexity index is 1060. The molecule has 4 heterocycles. The summed E-state index contributed by atoms with van der Waals surface area (Å²) in [5, 5.41) is 39.7. The average molecular weight is 421 g/mol. The molecule has 12 nitrogen and oxygen atoms in total. The number of anilines is 1. The van der Waals surface area contributed by atoms with Crippen LogP contribution >= 0.6 is 0 Å². The summed E-state index contributed by atoms with van der Waals surface area (Å²) in [5.74, 6) is 0.330. The Morgan fingerprint density at radius 3 is 2.62 bits per heavy atom. The molecule has 0 radical (unpaired) electrons. The Morgan fingerprint density at radius 1 is 1.31 bits per heavy atom. The van der Waals surface area contributed by atoms with Crippen molar-refractivity contribution >= 4 is 30.4 Å². The molecule has 0 bridgehead atoms. The second-order valence-electron chi connectivity index (χ2n) is 8.41. The minimum atomic E-state index is -1.68. The molecule has 13 heteroatoms. The number of aliphatic hydroxyl groups is 3. The van der Waals surface area contributed by atoms with E-state index in [4.69, 9.17) is 10.5 Å². The number of nitrogen functional groups attached to an aromatic ring is 1. The molecule has 0 spiro atoms. The summed E-state index contributed by atoms with van der Waals surface area (Å²) >= 11 is 0. The van der Waals surface area contributed by atoms with Crippen LogP contribution in [0.15, 0.2) is 12.5 Å². The van der Waals surface area contributed by atoms with Crippen LogP contribution in [-0.2, 0) is 4.74 Å². The molecule has 5 N–H and O–H groups in total. The van der Waals surface area contributed by atoms with Gasteiger partial charge in [-0.1, -0.05) is 24.9 Å². The number of imidazole rings is 1. The first-order chi connectivity index (χ1) is 13.5. The number of nitrogens with two attached hydrogens (primary N) is 1. The molecule has 4 rings (SSSR count). The molecule has 0 aromatic carbocycles. The third kappa shape index (κ3) is 3.10. The fraction of sp³-hybridized carbons (Fsp3) is 0.562. The van der Waals surface area contributed by atoms with Crippen molar-refractivity contribution < 1.29 is 20.1 Å². The lowest BCUT2D eigenvalue weighted by Gasteiger charge is -2.27. The first-order valence-electron chi connectivity index (χ1n) is 9.14. The molecule has 0 unspecified atom stereocenters. The lowest BCUT2D eigenvalue weighted by atomic mass is 9.96. The Labute approximate surface area is 167 Å². The molecule has 1 aliphatic heterocycles. The molecule has 1 aliphatic rings. The number of fused-ring (bicyclic) bond motifs is 1. The van der Waals surface area contributed by atoms with E-state index in [0.717, 1.165) is 5.32 Å². The van der Waals surface area contributed by atoms with Crippen LogP contribution in [0.4, 0.5) is 5.82 Å². The number of rotatable bonds is 4. The monoisotopic (exact) mass is 420 g/mol. The van der Waals surface area contributed by atoms with Gasteiger partial charge < -0.3 is 25.8 Å². The van der Waals surface area contributed by atoms with Crippen molar-refractivity contribution in [3.05, 3.63) is 12.5 Å². The summed E-state index contributed by atoms with van der Waals surface area (Å²) in [5.41, 5.74) is 5.01. The average Bonchev–Trinajstić information content (AvgIpc) is 3.33. The molecule has 0 aliphatic carbocycles. The Balaban J connectivity index is 1.81. The minimum Gasteiger partial charge on any atom is -0.394 e. The highest BCUT2D eigenvalue weighted by atomic mass is 28.3. The van der Waals surface area contributed by atoms with Crippen molar-refractivity contribution in [3.63, 3.8) is 0 Å². The molecular weight excluding hydrogens is 396 g/mol. The van der Waals surface area contributed by atoms with Crippen molar-refractivity contribution in [3.8, 4) is 5.95 Å². The normalized spacial score (nSPS) is 27.8. The Kier molecular flexibility index (Phi) is 4.47. The fourth-order valence-corrected chi connectivity index (χ4v) is 4.15. The maximum absolute atomic E-state index is 10.8. The van der Waals surface area contributed by atoms with Crippen LogP contribution in [-0.4, -0.2) is 82.3 Å². The highest BCUT2D eigenvalue weighted by Gasteiger charge is 2.53. The number of aliphatic hydroxyl groups excluding tert-OH is 2. The summed E-state index contributed by atoms with van der Waals surface area (Å²) < 4.78 is 8.58. The third-order valence-corrected chi connectivity index (χ3v) is 6.86. The van der Waals surface area contributed by atoms with E-state index < -0.39 is 38.7 Å². The smallest absolute Gasteiger partial charge is 0.256 e. The van der Waals surface area contributed by atoms with Crippen LogP contribution < -0.4 is 11.1 Å². The van der Waals surface area contributed by atoms with Gasteiger partial charge in [0.1, 0.15) is 31.4 Å². The zero-order valence-corrected chi connectivity index (χ0v) is 17.6. The Morgan fingerprint density at radius 2 is 2.03 bits per heavy atom. The van der Waals surface area contributed by atoms with Crippen LogP contribution in [0.5, 0.6) is 0 Å². The van der Waals surface area contributed by atoms with E-state index in [1.807, 2.05) is 0 Å². The van der Waals surface area contributed by atoms with E-state index in [0.29, 0.717) is 11.2 Å². The molecular formula is C16H24N8O4Si. The minimum absolute atomic E-state index is 0.130. The maximum atomic E-state index is 10.8. The van der Waals surface area contributed by atoms with E-state index in [9.17, 15) is 15.3 Å². The number of hydrogen-bond acceptors (Lipinski definition) is 10. The summed E-state index contributed by atoms with van der Waals surface area (Å²) in [6.45, 7) is 7.43. The maximum Gasteiger partial charge on any atom is 0.256 e. The lowest BCUT2D eigenvalue weighted by Crippen LogP contribution is -2.44. The lowest BCUT2D eigenvalue weighted by molar-refractivity contribution is -0.0950. The van der Waals surface area contributed by atoms with Gasteiger partial charge in [-0.25, -0.2) is 4.98 Å². The first kappa shape index (κ1) is 19.8. The standard InChI is InChI=1S/C16H24N8O4Si/c1-16(27)11(26)8(6-25)28-14(16)23-7-18-10-12(17)19-15(20-13(10)23)24-5-9(21-22-24)29(2,3)4/h5,7-8,11,14,25-27H,6H2,1-4H3,(H2,17,19,20)/t8-,11-,14-,16-/m1/s1.